The van der Waals surface area contributed by atoms with E-state index in [4.69, 9.17) is 0 Å². The lowest BCUT2D eigenvalue weighted by atomic mass is 9.94. The number of fused-ring (bicyclic) bond motifs is 1. The number of nitrogens with one attached hydrogen (secondary N) is 2. The van der Waals surface area contributed by atoms with Crippen molar-refractivity contribution in [2.45, 2.75) is 53.1 Å². The van der Waals surface area contributed by atoms with Crippen molar-refractivity contribution in [3.8, 4) is 0 Å². The maximum Gasteiger partial charge on any atom is 0.329 e. The topological polar surface area (TPSA) is 96.9 Å². The van der Waals surface area contributed by atoms with Gasteiger partial charge in [-0.25, -0.2) is 9.78 Å². The fourth-order valence-corrected chi connectivity index (χ4v) is 3.54. The standard InChI is InChI=1S/C23H28N4O3/c1-5-11-27-20-18(22(29)26-23(27)30)12-17(13-24-20)21(28)25-19(14(3)4)16-9-7-15(6-2)8-10-16/h7-10,12-14,19H,5-6,11H2,1-4H3,(H,25,28)(H,26,29,30). The Morgan fingerprint density at radius 3 is 2.47 bits per heavy atom. The van der Waals surface area contributed by atoms with Gasteiger partial charge in [0.05, 0.1) is 17.0 Å². The summed E-state index contributed by atoms with van der Waals surface area (Å²) in [5, 5.41) is 3.29. The van der Waals surface area contributed by atoms with Gasteiger partial charge >= 0.3 is 5.69 Å². The van der Waals surface area contributed by atoms with Crippen LogP contribution < -0.4 is 16.6 Å². The molecule has 2 aromatic heterocycles. The Morgan fingerprint density at radius 2 is 1.87 bits per heavy atom. The molecule has 3 rings (SSSR count). The van der Waals surface area contributed by atoms with Gasteiger partial charge in [0.15, 0.2) is 0 Å². The molecular weight excluding hydrogens is 380 g/mol. The zero-order valence-corrected chi connectivity index (χ0v) is 17.9. The first-order chi connectivity index (χ1) is 14.3. The summed E-state index contributed by atoms with van der Waals surface area (Å²) < 4.78 is 1.42. The molecule has 30 heavy (non-hydrogen) atoms. The van der Waals surface area contributed by atoms with Crippen LogP contribution in [0.3, 0.4) is 0 Å². The quantitative estimate of drug-likeness (QED) is 0.627. The van der Waals surface area contributed by atoms with Gasteiger partial charge in [-0.05, 0) is 36.0 Å². The van der Waals surface area contributed by atoms with Crippen LogP contribution in [0, 0.1) is 5.92 Å². The second-order valence-corrected chi connectivity index (χ2v) is 7.80. The molecule has 7 nitrogen and oxygen atoms in total. The van der Waals surface area contributed by atoms with Crippen LogP contribution in [-0.2, 0) is 13.0 Å². The summed E-state index contributed by atoms with van der Waals surface area (Å²) in [5.41, 5.74) is 1.81. The lowest BCUT2D eigenvalue weighted by Crippen LogP contribution is -2.33. The van der Waals surface area contributed by atoms with Crippen molar-refractivity contribution in [2.75, 3.05) is 0 Å². The summed E-state index contributed by atoms with van der Waals surface area (Å²) in [6, 6.07) is 9.54. The molecule has 0 spiro atoms. The maximum atomic E-state index is 13.0. The molecule has 1 unspecified atom stereocenters. The molecule has 1 aromatic carbocycles. The highest BCUT2D eigenvalue weighted by Gasteiger charge is 2.20. The molecule has 0 fully saturated rings. The average Bonchev–Trinajstić information content (AvgIpc) is 2.74. The van der Waals surface area contributed by atoms with Crippen molar-refractivity contribution in [2.24, 2.45) is 5.92 Å². The summed E-state index contributed by atoms with van der Waals surface area (Å²) in [7, 11) is 0. The van der Waals surface area contributed by atoms with Gasteiger partial charge in [-0.3, -0.25) is 19.1 Å². The van der Waals surface area contributed by atoms with Gasteiger partial charge in [0.25, 0.3) is 11.5 Å². The number of amides is 1. The van der Waals surface area contributed by atoms with Crippen molar-refractivity contribution in [1.82, 2.24) is 19.9 Å². The Labute approximate surface area is 175 Å². The zero-order chi connectivity index (χ0) is 21.8. The minimum Gasteiger partial charge on any atom is -0.345 e. The third-order valence-corrected chi connectivity index (χ3v) is 5.24. The summed E-state index contributed by atoms with van der Waals surface area (Å²) in [6.07, 6.45) is 3.09. The minimum absolute atomic E-state index is 0.174. The largest absolute Gasteiger partial charge is 0.345 e. The third kappa shape index (κ3) is 4.35. The van der Waals surface area contributed by atoms with Crippen LogP contribution in [-0.4, -0.2) is 20.4 Å². The molecule has 0 aliphatic carbocycles. The summed E-state index contributed by atoms with van der Waals surface area (Å²) in [4.78, 5) is 43.9. The van der Waals surface area contributed by atoms with E-state index in [-0.39, 0.29) is 34.5 Å². The molecule has 2 heterocycles. The fourth-order valence-electron chi connectivity index (χ4n) is 3.54. The number of benzene rings is 1. The lowest BCUT2D eigenvalue weighted by Gasteiger charge is -2.23. The molecule has 0 bridgehead atoms. The first kappa shape index (κ1) is 21.5. The van der Waals surface area contributed by atoms with E-state index in [0.717, 1.165) is 18.4 Å². The molecule has 1 atom stereocenters. The number of aryl methyl sites for hydroxylation is 2. The van der Waals surface area contributed by atoms with Crippen molar-refractivity contribution < 1.29 is 4.79 Å². The van der Waals surface area contributed by atoms with Gasteiger partial charge in [-0.1, -0.05) is 52.0 Å². The van der Waals surface area contributed by atoms with Crippen molar-refractivity contribution >= 4 is 16.9 Å². The van der Waals surface area contributed by atoms with E-state index in [1.54, 1.807) is 0 Å². The fraction of sp³-hybridized carbons (Fsp3) is 0.391. The predicted octanol–water partition coefficient (Wildman–Crippen LogP) is 3.18. The number of H-pyrrole nitrogens is 1. The Bertz CT molecular complexity index is 1160. The van der Waals surface area contributed by atoms with Gasteiger partial charge < -0.3 is 5.32 Å². The molecule has 0 saturated carbocycles. The van der Waals surface area contributed by atoms with E-state index in [1.807, 2.05) is 32.9 Å². The van der Waals surface area contributed by atoms with Crippen LogP contribution in [0.15, 0.2) is 46.1 Å². The first-order valence-electron chi connectivity index (χ1n) is 10.4. The van der Waals surface area contributed by atoms with Gasteiger partial charge in [-0.2, -0.15) is 0 Å². The van der Waals surface area contributed by atoms with E-state index in [9.17, 15) is 14.4 Å². The SMILES string of the molecule is CCCn1c(=O)[nH]c(=O)c2cc(C(=O)NC(c3ccc(CC)cc3)C(C)C)cnc21. The molecule has 3 aromatic rings. The first-order valence-corrected chi connectivity index (χ1v) is 10.4. The monoisotopic (exact) mass is 408 g/mol. The molecule has 0 radical (unpaired) electrons. The lowest BCUT2D eigenvalue weighted by molar-refractivity contribution is 0.0925. The number of nitrogens with zero attached hydrogens (tertiary/aromatic N) is 2. The van der Waals surface area contributed by atoms with Crippen LogP contribution in [0.2, 0.25) is 0 Å². The summed E-state index contributed by atoms with van der Waals surface area (Å²) >= 11 is 0. The van der Waals surface area contributed by atoms with Crippen LogP contribution in [0.5, 0.6) is 0 Å². The summed E-state index contributed by atoms with van der Waals surface area (Å²) in [5.74, 6) is -0.136. The zero-order valence-electron chi connectivity index (χ0n) is 17.9. The molecule has 2 N–H and O–H groups in total. The maximum absolute atomic E-state index is 13.0. The molecule has 7 heteroatoms. The Morgan fingerprint density at radius 1 is 1.17 bits per heavy atom. The van der Waals surface area contributed by atoms with Crippen molar-refractivity contribution in [1.29, 1.82) is 0 Å². The van der Waals surface area contributed by atoms with E-state index < -0.39 is 11.2 Å². The molecule has 0 saturated heterocycles. The van der Waals surface area contributed by atoms with Crippen LogP contribution in [0.25, 0.3) is 11.0 Å². The second-order valence-electron chi connectivity index (χ2n) is 7.80. The van der Waals surface area contributed by atoms with E-state index in [1.165, 1.54) is 22.4 Å². The Hall–Kier alpha value is -3.22. The van der Waals surface area contributed by atoms with Crippen LogP contribution >= 0.6 is 0 Å². The van der Waals surface area contributed by atoms with Gasteiger partial charge in [-0.15, -0.1) is 0 Å². The highest BCUT2D eigenvalue weighted by molar-refractivity contribution is 5.97. The number of carbonyl (C=O) groups is 1. The Kier molecular flexibility index (Phi) is 6.50. The Balaban J connectivity index is 1.95. The van der Waals surface area contributed by atoms with Gasteiger partial charge in [0.1, 0.15) is 5.65 Å². The van der Waals surface area contributed by atoms with Crippen LogP contribution in [0.1, 0.15) is 61.6 Å². The predicted molar refractivity (Wildman–Crippen MR) is 118 cm³/mol. The number of aromatic nitrogens is 3. The smallest absolute Gasteiger partial charge is 0.329 e. The highest BCUT2D eigenvalue weighted by atomic mass is 16.2. The summed E-state index contributed by atoms with van der Waals surface area (Å²) in [6.45, 7) is 8.57. The second kappa shape index (κ2) is 9.07. The molecular formula is C23H28N4O3. The molecule has 1 amide bonds. The highest BCUT2D eigenvalue weighted by Crippen LogP contribution is 2.23. The average molecular weight is 409 g/mol. The number of pyridine rings is 1. The van der Waals surface area contributed by atoms with E-state index in [0.29, 0.717) is 6.54 Å². The molecule has 0 aliphatic rings. The normalized spacial score (nSPS) is 12.3. The van der Waals surface area contributed by atoms with Crippen LogP contribution in [0.4, 0.5) is 0 Å². The van der Waals surface area contributed by atoms with Gasteiger partial charge in [0.2, 0.25) is 0 Å². The van der Waals surface area contributed by atoms with E-state index in [2.05, 4.69) is 34.3 Å². The molecule has 158 valence electrons. The third-order valence-electron chi connectivity index (χ3n) is 5.24. The van der Waals surface area contributed by atoms with Crippen molar-refractivity contribution in [3.05, 3.63) is 74.1 Å². The number of hydrogen-bond acceptors (Lipinski definition) is 4. The number of hydrogen-bond donors (Lipinski definition) is 2. The number of aromatic amines is 1. The number of carbonyl (C=O) groups excluding carboxylic acids is 1. The van der Waals surface area contributed by atoms with E-state index >= 15 is 0 Å². The minimum atomic E-state index is -0.542. The van der Waals surface area contributed by atoms with Crippen molar-refractivity contribution in [3.63, 3.8) is 0 Å². The number of rotatable bonds is 7. The van der Waals surface area contributed by atoms with Gasteiger partial charge in [0, 0.05) is 12.7 Å². The molecule has 0 aliphatic heterocycles.